The SMILES string of the molecule is CCCCCCCCn1cc[n+](CCCCCCC)c1.O=S(=O)([O-])C(F)(F)C(F)(F)C(F)(F)C(F)(F)F. The average molecular weight is 579 g/mol. The standard InChI is InChI=1S/C18H35N2.C4HF9O3S/c1-3-5-7-9-11-13-15-20-17-16-19(18-20)14-12-10-8-6-4-2;5-1(6,3(9,10)11)2(7,8)4(12,13)17(14,15)16/h16-18H,3-15H2,1-2H3;(H,14,15,16)/q+1;/p-1. The molecule has 0 fully saturated rings. The van der Waals surface area contributed by atoms with Crippen LogP contribution in [0.4, 0.5) is 39.5 Å². The molecule has 0 bridgehead atoms. The molecular weight excluding hydrogens is 543 g/mol. The second kappa shape index (κ2) is 15.2. The highest BCUT2D eigenvalue weighted by Crippen LogP contribution is 2.54. The van der Waals surface area contributed by atoms with Crippen molar-refractivity contribution >= 4 is 10.1 Å². The van der Waals surface area contributed by atoms with Crippen molar-refractivity contribution in [1.82, 2.24) is 4.57 Å². The molecule has 0 aliphatic carbocycles. The van der Waals surface area contributed by atoms with Gasteiger partial charge in [-0.15, -0.1) is 0 Å². The first-order valence-corrected chi connectivity index (χ1v) is 13.5. The van der Waals surface area contributed by atoms with E-state index >= 15 is 0 Å². The minimum atomic E-state index is -7.43. The molecule has 0 aliphatic heterocycles. The quantitative estimate of drug-likeness (QED) is 0.0913. The Morgan fingerprint density at radius 3 is 1.65 bits per heavy atom. The molecule has 5 nitrogen and oxygen atoms in total. The van der Waals surface area contributed by atoms with Crippen molar-refractivity contribution in [3.05, 3.63) is 18.7 Å². The minimum absolute atomic E-state index is 1.19. The fourth-order valence-corrected chi connectivity index (χ4v) is 3.64. The lowest BCUT2D eigenvalue weighted by Crippen LogP contribution is -2.63. The Morgan fingerprint density at radius 2 is 1.19 bits per heavy atom. The van der Waals surface area contributed by atoms with E-state index in [2.05, 4.69) is 41.7 Å². The highest BCUT2D eigenvalue weighted by atomic mass is 32.2. The van der Waals surface area contributed by atoms with Gasteiger partial charge in [0, 0.05) is 0 Å². The number of halogens is 9. The van der Waals surface area contributed by atoms with Crippen LogP contribution in [-0.2, 0) is 23.2 Å². The Labute approximate surface area is 211 Å². The highest BCUT2D eigenvalue weighted by molar-refractivity contribution is 7.86. The number of alkyl halides is 9. The molecule has 0 amide bonds. The number of hydrogen-bond acceptors (Lipinski definition) is 3. The van der Waals surface area contributed by atoms with E-state index in [1.165, 1.54) is 83.7 Å². The lowest BCUT2D eigenvalue weighted by molar-refractivity contribution is -0.696. The molecule has 0 spiro atoms. The van der Waals surface area contributed by atoms with E-state index < -0.39 is 33.4 Å². The summed E-state index contributed by atoms with van der Waals surface area (Å²) < 4.78 is 140. The number of unbranched alkanes of at least 4 members (excludes halogenated alkanes) is 9. The van der Waals surface area contributed by atoms with Crippen LogP contribution in [0.25, 0.3) is 0 Å². The van der Waals surface area contributed by atoms with Crippen molar-refractivity contribution in [2.75, 3.05) is 0 Å². The third kappa shape index (κ3) is 10.6. The van der Waals surface area contributed by atoms with Gasteiger partial charge >= 0.3 is 23.3 Å². The van der Waals surface area contributed by atoms with Crippen molar-refractivity contribution in [2.45, 2.75) is 121 Å². The molecule has 0 unspecified atom stereocenters. The Kier molecular flexibility index (Phi) is 14.6. The summed E-state index contributed by atoms with van der Waals surface area (Å²) in [6, 6.07) is 0. The number of imidazole rings is 1. The second-order valence-corrected chi connectivity index (χ2v) is 10.1. The van der Waals surface area contributed by atoms with Gasteiger partial charge in [-0.1, -0.05) is 58.8 Å². The number of rotatable bonds is 16. The van der Waals surface area contributed by atoms with Crippen LogP contribution in [0, 0.1) is 0 Å². The molecule has 0 N–H and O–H groups in total. The largest absolute Gasteiger partial charge is 0.743 e. The lowest BCUT2D eigenvalue weighted by Gasteiger charge is -2.34. The summed E-state index contributed by atoms with van der Waals surface area (Å²) in [5, 5.41) is -7.11. The number of aryl methyl sites for hydroxylation is 2. The Balaban J connectivity index is 0.000000712. The first kappa shape index (κ1) is 35.5. The van der Waals surface area contributed by atoms with E-state index in [9.17, 15) is 52.5 Å². The number of nitrogens with zero attached hydrogens (tertiary/aromatic N) is 2. The van der Waals surface area contributed by atoms with Gasteiger partial charge in [0.05, 0.1) is 13.1 Å². The zero-order valence-electron chi connectivity index (χ0n) is 20.9. The lowest BCUT2D eigenvalue weighted by atomic mass is 10.1. The topological polar surface area (TPSA) is 66.0 Å². The van der Waals surface area contributed by atoms with Gasteiger partial charge in [0.2, 0.25) is 6.33 Å². The highest BCUT2D eigenvalue weighted by Gasteiger charge is 2.83. The van der Waals surface area contributed by atoms with Crippen LogP contribution < -0.4 is 4.57 Å². The maximum Gasteiger partial charge on any atom is 0.460 e. The first-order chi connectivity index (χ1) is 16.9. The van der Waals surface area contributed by atoms with E-state index in [1.807, 2.05) is 0 Å². The van der Waals surface area contributed by atoms with Crippen LogP contribution in [0.1, 0.15) is 84.5 Å². The molecule has 37 heavy (non-hydrogen) atoms. The van der Waals surface area contributed by atoms with E-state index in [4.69, 9.17) is 0 Å². The molecular formula is C22H35F9N2O3S. The zero-order chi connectivity index (χ0) is 29.0. The van der Waals surface area contributed by atoms with Crippen LogP contribution >= 0.6 is 0 Å². The van der Waals surface area contributed by atoms with Crippen LogP contribution in [0.2, 0.25) is 0 Å². The van der Waals surface area contributed by atoms with Crippen LogP contribution in [0.15, 0.2) is 18.7 Å². The summed E-state index contributed by atoms with van der Waals surface area (Å²) in [4.78, 5) is 0. The van der Waals surface area contributed by atoms with E-state index in [-0.39, 0.29) is 0 Å². The van der Waals surface area contributed by atoms with Gasteiger partial charge in [-0.25, -0.2) is 17.6 Å². The fraction of sp³-hybridized carbons (Fsp3) is 0.864. The molecule has 0 atom stereocenters. The molecule has 0 saturated carbocycles. The Hall–Kier alpha value is -1.51. The van der Waals surface area contributed by atoms with Crippen LogP contribution in [0.5, 0.6) is 0 Å². The van der Waals surface area contributed by atoms with Crippen LogP contribution in [0.3, 0.4) is 0 Å². The molecule has 0 aromatic carbocycles. The smallest absolute Gasteiger partial charge is 0.460 e. The molecule has 0 saturated heterocycles. The number of aromatic nitrogens is 2. The van der Waals surface area contributed by atoms with E-state index in [0.29, 0.717) is 0 Å². The van der Waals surface area contributed by atoms with Gasteiger partial charge in [-0.3, -0.25) is 0 Å². The maximum atomic E-state index is 12.2. The van der Waals surface area contributed by atoms with Gasteiger partial charge in [-0.05, 0) is 25.7 Å². The van der Waals surface area contributed by atoms with Gasteiger partial charge in [-0.2, -0.15) is 39.5 Å². The van der Waals surface area contributed by atoms with Gasteiger partial charge in [0.15, 0.2) is 10.1 Å². The average Bonchev–Trinajstić information content (AvgIpc) is 3.22. The van der Waals surface area contributed by atoms with Crippen molar-refractivity contribution in [1.29, 1.82) is 0 Å². The fourth-order valence-electron chi connectivity index (χ4n) is 3.19. The predicted octanol–water partition coefficient (Wildman–Crippen LogP) is 7.06. The predicted molar refractivity (Wildman–Crippen MR) is 117 cm³/mol. The summed E-state index contributed by atoms with van der Waals surface area (Å²) in [7, 11) is -7.42. The summed E-state index contributed by atoms with van der Waals surface area (Å²) in [5.41, 5.74) is 0. The zero-order valence-corrected chi connectivity index (χ0v) is 21.7. The maximum absolute atomic E-state index is 12.2. The normalized spacial score (nSPS) is 13.4. The van der Waals surface area contributed by atoms with Crippen molar-refractivity contribution < 1.29 is 57.1 Å². The van der Waals surface area contributed by atoms with Crippen LogP contribution in [-0.4, -0.2) is 40.8 Å². The Morgan fingerprint density at radius 1 is 0.730 bits per heavy atom. The molecule has 1 aromatic heterocycles. The Bertz CT molecular complexity index is 873. The first-order valence-electron chi connectivity index (χ1n) is 12.1. The molecule has 0 aliphatic rings. The third-order valence-electron chi connectivity index (χ3n) is 5.47. The minimum Gasteiger partial charge on any atom is -0.743 e. The van der Waals surface area contributed by atoms with Gasteiger partial charge in [0.1, 0.15) is 12.4 Å². The summed E-state index contributed by atoms with van der Waals surface area (Å²) in [5.74, 6) is -14.8. The second-order valence-electron chi connectivity index (χ2n) is 8.69. The van der Waals surface area contributed by atoms with Crippen molar-refractivity contribution in [2.24, 2.45) is 0 Å². The molecule has 0 radical (unpaired) electrons. The van der Waals surface area contributed by atoms with E-state index in [1.54, 1.807) is 0 Å². The molecule has 1 aromatic rings. The molecule has 1 heterocycles. The van der Waals surface area contributed by atoms with Crippen molar-refractivity contribution in [3.8, 4) is 0 Å². The molecule has 15 heteroatoms. The summed E-state index contributed by atoms with van der Waals surface area (Å²) >= 11 is 0. The number of hydrogen-bond donors (Lipinski definition) is 0. The van der Waals surface area contributed by atoms with E-state index in [0.717, 1.165) is 0 Å². The molecule has 1 rings (SSSR count). The summed E-state index contributed by atoms with van der Waals surface area (Å²) in [6.07, 6.45) is 14.7. The monoisotopic (exact) mass is 578 g/mol. The van der Waals surface area contributed by atoms with Crippen molar-refractivity contribution in [3.63, 3.8) is 0 Å². The van der Waals surface area contributed by atoms with Gasteiger partial charge < -0.3 is 4.55 Å². The molecule has 220 valence electrons. The summed E-state index contributed by atoms with van der Waals surface area (Å²) in [6.45, 7) is 6.93. The van der Waals surface area contributed by atoms with Gasteiger partial charge in [0.25, 0.3) is 0 Å². The third-order valence-corrected chi connectivity index (χ3v) is 6.35.